The third-order valence-corrected chi connectivity index (χ3v) is 18.9. The zero-order chi connectivity index (χ0) is 75.1. The second-order valence-corrected chi connectivity index (χ2v) is 28.9. The number of aromatic nitrogens is 2. The fourth-order valence-corrected chi connectivity index (χ4v) is 13.0. The monoisotopic (exact) mass is 1430 g/mol. The highest BCUT2D eigenvalue weighted by atomic mass is 16.6. The molecule has 6 aromatic rings. The third-order valence-electron chi connectivity index (χ3n) is 18.9. The topological polar surface area (TPSA) is 270 Å². The van der Waals surface area contributed by atoms with Crippen molar-refractivity contribution in [1.82, 2.24) is 20.2 Å². The number of nitrogens with zero attached hydrogens (tertiary/aromatic N) is 6. The number of anilines is 2. The average Bonchev–Trinajstić information content (AvgIpc) is 0.746. The van der Waals surface area contributed by atoms with Crippen molar-refractivity contribution in [3.05, 3.63) is 167 Å². The number of carbonyl (C=O) groups is 7. The van der Waals surface area contributed by atoms with E-state index in [9.17, 15) is 38.4 Å². The van der Waals surface area contributed by atoms with Crippen LogP contribution in [-0.4, -0.2) is 121 Å². The van der Waals surface area contributed by atoms with E-state index in [0.29, 0.717) is 52.0 Å². The molecule has 2 aliphatic carbocycles. The van der Waals surface area contributed by atoms with Crippen LogP contribution >= 0.6 is 0 Å². The third kappa shape index (κ3) is 23.2. The van der Waals surface area contributed by atoms with Crippen molar-refractivity contribution in [2.24, 2.45) is 34.6 Å². The van der Waals surface area contributed by atoms with Gasteiger partial charge in [0.1, 0.15) is 71.1 Å². The predicted octanol–water partition coefficient (Wildman–Crippen LogP) is 14.0. The molecule has 6 atom stereocenters. The summed E-state index contributed by atoms with van der Waals surface area (Å²) < 4.78 is 43.5. The van der Waals surface area contributed by atoms with Gasteiger partial charge >= 0.3 is 24.1 Å². The van der Waals surface area contributed by atoms with E-state index in [0.717, 1.165) is 58.4 Å². The first-order valence-electron chi connectivity index (χ1n) is 35.8. The standard InChI is InChI=1S/C41H51N3O8.C31H35N3O7.C9H15NO/c1-27(31-10-8-7-9-11-31)22-36(45)44-37(39(47)51-26-29-14-18-33(50-6)19-15-29)34(38(44)46)23-30-20-21-42-35(24-30)43(40(48)52-41(2,3)4)25-28-12-16-32(49-5)17-13-28;1-31(2,3)41-30(37)34(18-20-6-10-23(38-4)11-7-20)26-17-22(14-15-32-26)16-25-27(33-28(25)35)29(36)40-19-21-8-12-24(39-5)13-9-21;1-8(10-7-11)9-5-3-2-4-6-9/h12-21,24,27,31,34,37H,7-11,22-23,25-26H2,1-6H3;6-15,17,25,27H,16,18-19H2,1-5H3,(H,33,35);8-9H,2-6H2,1H3/t27-,34?,37-;25?,27-;8-/m001/s1. The zero-order valence-electron chi connectivity index (χ0n) is 62.1. The largest absolute Gasteiger partial charge is 0.497 e. The van der Waals surface area contributed by atoms with E-state index in [1.807, 2.05) is 67.6 Å². The normalized spacial score (nSPS) is 17.8. The van der Waals surface area contributed by atoms with Crippen molar-refractivity contribution in [3.8, 4) is 23.0 Å². The molecule has 2 aliphatic heterocycles. The Labute approximate surface area is 610 Å². The van der Waals surface area contributed by atoms with Crippen LogP contribution in [0, 0.1) is 29.6 Å². The predicted molar refractivity (Wildman–Crippen MR) is 391 cm³/mol. The van der Waals surface area contributed by atoms with Crippen molar-refractivity contribution in [3.63, 3.8) is 0 Å². The van der Waals surface area contributed by atoms with Gasteiger partial charge in [0.2, 0.25) is 23.8 Å². The molecule has 23 nitrogen and oxygen atoms in total. The van der Waals surface area contributed by atoms with Crippen molar-refractivity contribution >= 4 is 59.6 Å². The smallest absolute Gasteiger partial charge is 0.416 e. The van der Waals surface area contributed by atoms with Crippen LogP contribution in [0.15, 0.2) is 139 Å². The van der Waals surface area contributed by atoms with Crippen LogP contribution in [-0.2, 0) is 86.9 Å². The molecule has 23 heteroatoms. The van der Waals surface area contributed by atoms with Gasteiger partial charge < -0.3 is 43.2 Å². The Morgan fingerprint density at radius 1 is 0.538 bits per heavy atom. The molecule has 0 bridgehead atoms. The van der Waals surface area contributed by atoms with Crippen molar-refractivity contribution in [2.75, 3.05) is 38.2 Å². The summed E-state index contributed by atoms with van der Waals surface area (Å²) in [7, 11) is 6.33. The number of isocyanates is 1. The van der Waals surface area contributed by atoms with Gasteiger partial charge in [-0.3, -0.25) is 29.1 Å². The van der Waals surface area contributed by atoms with E-state index in [4.69, 9.17) is 37.9 Å². The highest BCUT2D eigenvalue weighted by molar-refractivity contribution is 6.08. The lowest BCUT2D eigenvalue weighted by Crippen LogP contribution is -2.67. The molecule has 0 spiro atoms. The van der Waals surface area contributed by atoms with Crippen LogP contribution in [0.1, 0.15) is 159 Å². The lowest BCUT2D eigenvalue weighted by molar-refractivity contribution is -0.180. The minimum Gasteiger partial charge on any atom is -0.497 e. The number of amides is 5. The van der Waals surface area contributed by atoms with Crippen molar-refractivity contribution in [2.45, 2.75) is 194 Å². The molecule has 556 valence electrons. The summed E-state index contributed by atoms with van der Waals surface area (Å²) in [6.07, 6.45) is 16.3. The van der Waals surface area contributed by atoms with Gasteiger partial charge in [0.25, 0.3) is 0 Å². The number of rotatable bonds is 25. The first-order chi connectivity index (χ1) is 49.8. The number of nitrogens with one attached hydrogen (secondary N) is 1. The zero-order valence-corrected chi connectivity index (χ0v) is 62.1. The maximum atomic E-state index is 13.8. The number of carbonyl (C=O) groups excluding carboxylic acids is 8. The first kappa shape index (κ1) is 79.6. The molecule has 0 radical (unpaired) electrons. The summed E-state index contributed by atoms with van der Waals surface area (Å²) in [5.74, 6) is 1.05. The Kier molecular flexibility index (Phi) is 29.0. The lowest BCUT2D eigenvalue weighted by Gasteiger charge is -2.44. The highest BCUT2D eigenvalue weighted by Gasteiger charge is 2.55. The molecule has 4 fully saturated rings. The van der Waals surface area contributed by atoms with E-state index >= 15 is 0 Å². The first-order valence-corrected chi connectivity index (χ1v) is 35.8. The van der Waals surface area contributed by atoms with Crippen LogP contribution < -0.4 is 34.1 Å². The van der Waals surface area contributed by atoms with Crippen LogP contribution in [0.25, 0.3) is 0 Å². The quantitative estimate of drug-likeness (QED) is 0.0183. The Hall–Kier alpha value is -10.2. The van der Waals surface area contributed by atoms with E-state index < -0.39 is 65.2 Å². The molecule has 4 aromatic carbocycles. The van der Waals surface area contributed by atoms with Gasteiger partial charge in [0.05, 0.1) is 59.4 Å². The van der Waals surface area contributed by atoms with E-state index in [1.165, 1.54) is 48.3 Å². The number of ether oxygens (including phenoxy) is 8. The molecule has 5 amide bonds. The molecule has 2 unspecified atom stereocenters. The average molecular weight is 1430 g/mol. The van der Waals surface area contributed by atoms with Gasteiger partial charge in [0, 0.05) is 18.8 Å². The van der Waals surface area contributed by atoms with E-state index in [1.54, 1.807) is 149 Å². The lowest BCUT2D eigenvalue weighted by atomic mass is 9.78. The second-order valence-electron chi connectivity index (χ2n) is 28.9. The SMILES string of the molecule is COc1ccc(COC(=O)[C@@H]2C(Cc3ccnc(N(Cc4ccc(OC)cc4)C(=O)OC(C)(C)C)c3)C(=O)N2C(=O)C[C@H](C)C2CCCCC2)cc1.COc1ccc(COC(=O)[C@H]2NC(=O)C2Cc2ccnc(N(Cc3ccc(OC)cc3)C(=O)OC(C)(C)C)c2)cc1.C[C@@H](N=C=O)C1CCCCC1. The molecule has 2 saturated carbocycles. The van der Waals surface area contributed by atoms with Gasteiger partial charge in [-0.15, -0.1) is 0 Å². The summed E-state index contributed by atoms with van der Waals surface area (Å²) in [5.41, 5.74) is 3.17. The molecule has 2 aromatic heterocycles. The van der Waals surface area contributed by atoms with Crippen molar-refractivity contribution in [1.29, 1.82) is 0 Å². The number of methoxy groups -OCH3 is 4. The molecule has 104 heavy (non-hydrogen) atoms. The van der Waals surface area contributed by atoms with Gasteiger partial charge in [-0.25, -0.2) is 38.9 Å². The number of esters is 2. The fourth-order valence-electron chi connectivity index (χ4n) is 13.0. The maximum Gasteiger partial charge on any atom is 0.416 e. The van der Waals surface area contributed by atoms with Crippen LogP contribution in [0.2, 0.25) is 0 Å². The van der Waals surface area contributed by atoms with Crippen LogP contribution in [0.5, 0.6) is 23.0 Å². The van der Waals surface area contributed by atoms with Gasteiger partial charge in [-0.05, 0) is 198 Å². The Bertz CT molecular complexity index is 3880. The molecule has 1 N–H and O–H groups in total. The molecule has 4 aliphatic rings. The summed E-state index contributed by atoms with van der Waals surface area (Å²) in [6, 6.07) is 34.3. The Morgan fingerprint density at radius 2 is 0.933 bits per heavy atom. The summed E-state index contributed by atoms with van der Waals surface area (Å²) in [6.45, 7) is 15.3. The van der Waals surface area contributed by atoms with Crippen LogP contribution in [0.4, 0.5) is 21.2 Å². The van der Waals surface area contributed by atoms with Gasteiger partial charge in [-0.1, -0.05) is 107 Å². The fraction of sp³-hybridized carbons (Fsp3) is 0.481. The summed E-state index contributed by atoms with van der Waals surface area (Å²) in [5, 5.41) is 2.65. The number of likely N-dealkylation sites (tertiary alicyclic amines) is 1. The van der Waals surface area contributed by atoms with Crippen LogP contribution in [0.3, 0.4) is 0 Å². The number of imide groups is 1. The van der Waals surface area contributed by atoms with Crippen molar-refractivity contribution < 1.29 is 76.3 Å². The minimum atomic E-state index is -1.07. The molecular formula is C81H101N7O16. The van der Waals surface area contributed by atoms with Gasteiger partial charge in [-0.2, -0.15) is 0 Å². The Balaban J connectivity index is 0.000000234. The molecule has 4 heterocycles. The second kappa shape index (κ2) is 37.9. The Morgan fingerprint density at radius 3 is 1.33 bits per heavy atom. The minimum absolute atomic E-state index is 0.0175. The van der Waals surface area contributed by atoms with Gasteiger partial charge in [0.15, 0.2) is 0 Å². The van der Waals surface area contributed by atoms with E-state index in [-0.39, 0.29) is 69.3 Å². The number of pyridine rings is 2. The number of hydrogen-bond donors (Lipinski definition) is 1. The molecular weight excluding hydrogens is 1330 g/mol. The number of β-lactam (4-membered cyclic amide) rings is 2. The highest BCUT2D eigenvalue weighted by Crippen LogP contribution is 2.38. The number of hydrogen-bond acceptors (Lipinski definition) is 19. The number of aliphatic imine (C=N–C) groups is 1. The molecule has 2 saturated heterocycles. The maximum absolute atomic E-state index is 13.8. The summed E-state index contributed by atoms with van der Waals surface area (Å²) >= 11 is 0. The number of benzene rings is 4. The summed E-state index contributed by atoms with van der Waals surface area (Å²) in [4.78, 5) is 120. The molecule has 10 rings (SSSR count). The van der Waals surface area contributed by atoms with E-state index in [2.05, 4.69) is 27.2 Å².